The fourth-order valence-electron chi connectivity index (χ4n) is 2.10. The second-order valence-electron chi connectivity index (χ2n) is 4.94. The van der Waals surface area contributed by atoms with Crippen LogP contribution in [0.2, 0.25) is 0 Å². The van der Waals surface area contributed by atoms with Crippen molar-refractivity contribution in [2.24, 2.45) is 0 Å². The zero-order valence-electron chi connectivity index (χ0n) is 12.9. The molecule has 1 aromatic carbocycles. The van der Waals surface area contributed by atoms with Crippen LogP contribution in [0.3, 0.4) is 0 Å². The predicted octanol–water partition coefficient (Wildman–Crippen LogP) is -0.177. The third kappa shape index (κ3) is 3.75. The minimum atomic E-state index is -1.08. The molecule has 9 nitrogen and oxygen atoms in total. The van der Waals surface area contributed by atoms with Crippen molar-refractivity contribution in [1.82, 2.24) is 20.4 Å². The van der Waals surface area contributed by atoms with Crippen molar-refractivity contribution in [3.05, 3.63) is 35.9 Å². The number of nitrogens with zero attached hydrogens (tertiary/aromatic N) is 2. The number of urea groups is 2. The lowest BCUT2D eigenvalue weighted by Crippen LogP contribution is -2.46. The maximum atomic E-state index is 11.8. The van der Waals surface area contributed by atoms with Crippen molar-refractivity contribution >= 4 is 29.8 Å². The number of likely N-dealkylation sites (N-methyl/N-ethyl adjacent to an activating group) is 1. The first-order chi connectivity index (χ1) is 11.4. The molecule has 0 atom stereocenters. The van der Waals surface area contributed by atoms with Gasteiger partial charge < -0.3 is 5.32 Å². The average Bonchev–Trinajstić information content (AvgIpc) is 2.77. The maximum Gasteiger partial charge on any atom is 0.334 e. The van der Waals surface area contributed by atoms with Gasteiger partial charge in [0.25, 0.3) is 0 Å². The van der Waals surface area contributed by atoms with Gasteiger partial charge in [-0.2, -0.15) is 0 Å². The summed E-state index contributed by atoms with van der Waals surface area (Å²) in [5.74, 6) is -2.93. The molecule has 1 aromatic rings. The monoisotopic (exact) mass is 332 g/mol. The molecule has 9 heteroatoms. The van der Waals surface area contributed by atoms with Crippen molar-refractivity contribution < 1.29 is 24.0 Å². The molecule has 126 valence electrons. The van der Waals surface area contributed by atoms with E-state index in [9.17, 15) is 24.0 Å². The number of benzene rings is 1. The van der Waals surface area contributed by atoms with E-state index in [-0.39, 0.29) is 13.1 Å². The summed E-state index contributed by atoms with van der Waals surface area (Å²) >= 11 is 0. The number of carbonyl (C=O) groups excluding carboxylic acids is 5. The average molecular weight is 332 g/mol. The van der Waals surface area contributed by atoms with Crippen LogP contribution in [0, 0.1) is 0 Å². The lowest BCUT2D eigenvalue weighted by atomic mass is 10.2. The summed E-state index contributed by atoms with van der Waals surface area (Å²) in [6, 6.07) is 7.41. The number of nitrogens with one attached hydrogen (secondary N) is 2. The van der Waals surface area contributed by atoms with Crippen molar-refractivity contribution in [2.45, 2.75) is 13.5 Å². The highest BCUT2D eigenvalue weighted by Crippen LogP contribution is 2.10. The van der Waals surface area contributed by atoms with Crippen LogP contribution in [0.25, 0.3) is 0 Å². The van der Waals surface area contributed by atoms with Gasteiger partial charge in [-0.05, 0) is 12.5 Å². The summed E-state index contributed by atoms with van der Waals surface area (Å²) in [5, 5.41) is 4.47. The van der Waals surface area contributed by atoms with Crippen LogP contribution in [-0.2, 0) is 20.9 Å². The fraction of sp³-hybridized carbons (Fsp3) is 0.267. The van der Waals surface area contributed by atoms with Crippen molar-refractivity contribution in [2.75, 3.05) is 13.1 Å². The zero-order valence-corrected chi connectivity index (χ0v) is 12.9. The Morgan fingerprint density at radius 2 is 1.62 bits per heavy atom. The molecule has 1 heterocycles. The van der Waals surface area contributed by atoms with E-state index < -0.39 is 36.3 Å². The molecule has 1 aliphatic rings. The third-order valence-electron chi connectivity index (χ3n) is 3.30. The molecule has 1 saturated heterocycles. The molecule has 2 N–H and O–H groups in total. The standard InChI is InChI=1S/C15H16N4O5/c1-2-18-12(21)13(22)19(15(18)24)9-11(20)17-14(23)16-8-10-6-4-3-5-7-10/h3-7H,2,8-9H2,1H3,(H2,16,17,20,23). The van der Waals surface area contributed by atoms with Gasteiger partial charge in [-0.15, -0.1) is 0 Å². The van der Waals surface area contributed by atoms with Crippen LogP contribution in [0.5, 0.6) is 0 Å². The molecule has 7 amide bonds. The van der Waals surface area contributed by atoms with E-state index in [4.69, 9.17) is 0 Å². The van der Waals surface area contributed by atoms with Crippen LogP contribution in [-0.4, -0.2) is 52.7 Å². The van der Waals surface area contributed by atoms with E-state index in [1.807, 2.05) is 11.4 Å². The minimum absolute atomic E-state index is 0.0269. The Kier molecular flexibility index (Phi) is 5.25. The molecular formula is C15H16N4O5. The summed E-state index contributed by atoms with van der Waals surface area (Å²) in [6.07, 6.45) is 0. The normalized spacial score (nSPS) is 14.1. The molecule has 1 aliphatic heterocycles. The Labute approximate surface area is 137 Å². The molecule has 0 unspecified atom stereocenters. The summed E-state index contributed by atoms with van der Waals surface area (Å²) in [6.45, 7) is 1.07. The number of rotatable bonds is 5. The van der Waals surface area contributed by atoms with Gasteiger partial charge in [0.1, 0.15) is 6.54 Å². The molecule has 0 aromatic heterocycles. The third-order valence-corrected chi connectivity index (χ3v) is 3.30. The first-order valence-electron chi connectivity index (χ1n) is 7.23. The van der Waals surface area contributed by atoms with Gasteiger partial charge in [0, 0.05) is 13.1 Å². The highest BCUT2D eigenvalue weighted by atomic mass is 16.2. The minimum Gasteiger partial charge on any atom is -0.334 e. The Balaban J connectivity index is 1.84. The topological polar surface area (TPSA) is 116 Å². The van der Waals surface area contributed by atoms with Gasteiger partial charge in [-0.25, -0.2) is 14.5 Å². The fourth-order valence-corrected chi connectivity index (χ4v) is 2.10. The smallest absolute Gasteiger partial charge is 0.334 e. The van der Waals surface area contributed by atoms with E-state index in [0.29, 0.717) is 4.90 Å². The summed E-state index contributed by atoms with van der Waals surface area (Å²) in [7, 11) is 0. The highest BCUT2D eigenvalue weighted by molar-refractivity contribution is 6.45. The van der Waals surface area contributed by atoms with Gasteiger partial charge in [0.05, 0.1) is 0 Å². The number of imide groups is 3. The molecule has 0 spiro atoms. The molecule has 24 heavy (non-hydrogen) atoms. The highest BCUT2D eigenvalue weighted by Gasteiger charge is 2.44. The molecular weight excluding hydrogens is 316 g/mol. The maximum absolute atomic E-state index is 11.8. The Bertz CT molecular complexity index is 688. The van der Waals surface area contributed by atoms with Gasteiger partial charge in [-0.3, -0.25) is 24.6 Å². The summed E-state index contributed by atoms with van der Waals surface area (Å²) < 4.78 is 0. The molecule has 0 aliphatic carbocycles. The Hall–Kier alpha value is -3.23. The van der Waals surface area contributed by atoms with Gasteiger partial charge in [0.2, 0.25) is 5.91 Å². The number of hydrogen-bond acceptors (Lipinski definition) is 5. The van der Waals surface area contributed by atoms with E-state index >= 15 is 0 Å². The zero-order chi connectivity index (χ0) is 17.7. The first kappa shape index (κ1) is 17.1. The molecule has 0 radical (unpaired) electrons. The van der Waals surface area contributed by atoms with Gasteiger partial charge in [0.15, 0.2) is 0 Å². The molecule has 0 saturated carbocycles. The van der Waals surface area contributed by atoms with E-state index in [2.05, 4.69) is 5.32 Å². The molecule has 2 rings (SSSR count). The molecule has 0 bridgehead atoms. The van der Waals surface area contributed by atoms with E-state index in [1.54, 1.807) is 24.3 Å². The summed E-state index contributed by atoms with van der Waals surface area (Å²) in [5.41, 5.74) is 0.842. The second-order valence-corrected chi connectivity index (χ2v) is 4.94. The van der Waals surface area contributed by atoms with E-state index in [1.165, 1.54) is 6.92 Å². The van der Waals surface area contributed by atoms with Crippen LogP contribution >= 0.6 is 0 Å². The Morgan fingerprint density at radius 1 is 1.00 bits per heavy atom. The summed E-state index contributed by atoms with van der Waals surface area (Å²) in [4.78, 5) is 59.6. The number of amides is 7. The van der Waals surface area contributed by atoms with Crippen molar-refractivity contribution in [1.29, 1.82) is 0 Å². The Morgan fingerprint density at radius 3 is 2.21 bits per heavy atom. The quantitative estimate of drug-likeness (QED) is 0.573. The van der Waals surface area contributed by atoms with E-state index in [0.717, 1.165) is 10.5 Å². The lowest BCUT2D eigenvalue weighted by molar-refractivity contribution is -0.143. The van der Waals surface area contributed by atoms with Crippen LogP contribution < -0.4 is 10.6 Å². The van der Waals surface area contributed by atoms with Crippen LogP contribution in [0.4, 0.5) is 9.59 Å². The van der Waals surface area contributed by atoms with Crippen LogP contribution in [0.1, 0.15) is 12.5 Å². The van der Waals surface area contributed by atoms with Crippen LogP contribution in [0.15, 0.2) is 30.3 Å². The lowest BCUT2D eigenvalue weighted by Gasteiger charge is -2.13. The van der Waals surface area contributed by atoms with Gasteiger partial charge >= 0.3 is 23.9 Å². The number of hydrogen-bond donors (Lipinski definition) is 2. The predicted molar refractivity (Wildman–Crippen MR) is 81.3 cm³/mol. The van der Waals surface area contributed by atoms with Crippen molar-refractivity contribution in [3.8, 4) is 0 Å². The SMILES string of the molecule is CCN1C(=O)C(=O)N(CC(=O)NC(=O)NCc2ccccc2)C1=O. The van der Waals surface area contributed by atoms with Gasteiger partial charge in [-0.1, -0.05) is 30.3 Å². The molecule has 1 fully saturated rings. The van der Waals surface area contributed by atoms with Crippen molar-refractivity contribution in [3.63, 3.8) is 0 Å². The second kappa shape index (κ2) is 7.36. The number of carbonyl (C=O) groups is 5. The first-order valence-corrected chi connectivity index (χ1v) is 7.23. The largest absolute Gasteiger partial charge is 0.334 e.